The molecule has 0 aromatic heterocycles. The monoisotopic (exact) mass is 458 g/mol. The first-order chi connectivity index (χ1) is 15.9. The van der Waals surface area contributed by atoms with Crippen molar-refractivity contribution < 1.29 is 27.4 Å². The quantitative estimate of drug-likeness (QED) is 0.215. The number of fused-ring (bicyclic) bond motifs is 1. The third-order valence-electron chi connectivity index (χ3n) is 5.63. The van der Waals surface area contributed by atoms with Gasteiger partial charge in [0.25, 0.3) is 0 Å². The van der Waals surface area contributed by atoms with E-state index in [0.717, 1.165) is 54.9 Å². The number of rotatable bonds is 10. The number of aryl methyl sites for hydroxylation is 1. The topological polar surface area (TPSA) is 35.5 Å². The van der Waals surface area contributed by atoms with Crippen LogP contribution in [0.4, 0.5) is 13.2 Å². The van der Waals surface area contributed by atoms with Crippen molar-refractivity contribution in [1.82, 2.24) is 0 Å². The largest absolute Gasteiger partial charge is 0.494 e. The van der Waals surface area contributed by atoms with E-state index in [9.17, 15) is 18.0 Å². The zero-order valence-corrected chi connectivity index (χ0v) is 18.6. The molecule has 0 saturated heterocycles. The van der Waals surface area contributed by atoms with Gasteiger partial charge in [-0.25, -0.2) is 4.79 Å². The van der Waals surface area contributed by atoms with E-state index >= 15 is 0 Å². The molecule has 0 unspecified atom stereocenters. The number of carbonyl (C=O) groups excluding carboxylic acids is 1. The van der Waals surface area contributed by atoms with Gasteiger partial charge in [-0.05, 0) is 78.5 Å². The minimum absolute atomic E-state index is 0.359. The third kappa shape index (κ3) is 7.52. The van der Waals surface area contributed by atoms with Crippen LogP contribution in [0.5, 0.6) is 5.75 Å². The predicted molar refractivity (Wildman–Crippen MR) is 124 cm³/mol. The second kappa shape index (κ2) is 11.7. The van der Waals surface area contributed by atoms with Gasteiger partial charge in [0.1, 0.15) is 5.75 Å². The summed E-state index contributed by atoms with van der Waals surface area (Å²) in [6.45, 7) is 4.22. The Bertz CT molecular complexity index is 975. The first-order valence-electron chi connectivity index (χ1n) is 11.3. The first kappa shape index (κ1) is 24.6. The molecule has 0 bridgehead atoms. The highest BCUT2D eigenvalue weighted by Crippen LogP contribution is 2.41. The fourth-order valence-electron chi connectivity index (χ4n) is 4.08. The number of carbonyl (C=O) groups is 1. The Morgan fingerprint density at radius 3 is 2.42 bits per heavy atom. The molecular weight excluding hydrogens is 429 g/mol. The van der Waals surface area contributed by atoms with Gasteiger partial charge in [-0.1, -0.05) is 43.0 Å². The highest BCUT2D eigenvalue weighted by atomic mass is 19.4. The molecule has 6 heteroatoms. The summed E-state index contributed by atoms with van der Waals surface area (Å²) in [5.41, 5.74) is 3.63. The van der Waals surface area contributed by atoms with Crippen LogP contribution in [0.3, 0.4) is 0 Å². The summed E-state index contributed by atoms with van der Waals surface area (Å²) >= 11 is 0. The van der Waals surface area contributed by atoms with Crippen LogP contribution in [0, 0.1) is 0 Å². The van der Waals surface area contributed by atoms with Crippen LogP contribution >= 0.6 is 0 Å². The van der Waals surface area contributed by atoms with Crippen molar-refractivity contribution in [3.05, 3.63) is 77.9 Å². The Hall–Kier alpha value is -3.02. The lowest BCUT2D eigenvalue weighted by Gasteiger charge is -2.18. The van der Waals surface area contributed by atoms with Crippen molar-refractivity contribution in [1.29, 1.82) is 0 Å². The summed E-state index contributed by atoms with van der Waals surface area (Å²) in [7, 11) is 0. The maximum Gasteiger partial charge on any atom is 0.393 e. The molecule has 3 rings (SSSR count). The molecule has 3 nitrogen and oxygen atoms in total. The molecule has 1 aliphatic carbocycles. The average Bonchev–Trinajstić information content (AvgIpc) is 2.97. The lowest BCUT2D eigenvalue weighted by atomic mass is 9.90. The van der Waals surface area contributed by atoms with E-state index in [1.807, 2.05) is 36.4 Å². The molecular formula is C27H29F3O3. The Balaban J connectivity index is 1.65. The number of allylic oxidation sites excluding steroid dienone is 2. The van der Waals surface area contributed by atoms with Gasteiger partial charge in [-0.2, -0.15) is 13.2 Å². The van der Waals surface area contributed by atoms with Crippen LogP contribution < -0.4 is 4.74 Å². The first-order valence-corrected chi connectivity index (χ1v) is 11.3. The van der Waals surface area contributed by atoms with Gasteiger partial charge in [0.15, 0.2) is 0 Å². The number of esters is 1. The number of unbranched alkanes of at least 4 members (excludes halogenated alkanes) is 2. The number of halogens is 3. The van der Waals surface area contributed by atoms with Gasteiger partial charge < -0.3 is 9.47 Å². The Morgan fingerprint density at radius 2 is 1.70 bits per heavy atom. The van der Waals surface area contributed by atoms with E-state index < -0.39 is 18.6 Å². The van der Waals surface area contributed by atoms with Crippen molar-refractivity contribution in [2.24, 2.45) is 0 Å². The standard InChI is InChI=1S/C27H29F3O3/c1-2-26(31)33-18-7-3-6-17-32-22-15-13-21(14-16-22)24-12-8-10-20-9-4-5-11-23(20)25(24)19-27(28,29)30/h2,4-5,9,11,13-16H,1,3,6-8,10,12,17-19H2. The summed E-state index contributed by atoms with van der Waals surface area (Å²) in [6.07, 6.45) is 0.549. The lowest BCUT2D eigenvalue weighted by molar-refractivity contribution is -0.137. The van der Waals surface area contributed by atoms with Crippen LogP contribution in [0.1, 0.15) is 55.2 Å². The number of hydrogen-bond acceptors (Lipinski definition) is 3. The molecule has 0 atom stereocenters. The summed E-state index contributed by atoms with van der Waals surface area (Å²) < 4.78 is 51.0. The molecule has 0 heterocycles. The summed E-state index contributed by atoms with van der Waals surface area (Å²) in [5.74, 6) is 0.265. The van der Waals surface area contributed by atoms with Crippen molar-refractivity contribution in [3.8, 4) is 5.75 Å². The Morgan fingerprint density at radius 1 is 0.970 bits per heavy atom. The predicted octanol–water partition coefficient (Wildman–Crippen LogP) is 7.16. The number of alkyl halides is 3. The number of ether oxygens (including phenoxy) is 2. The van der Waals surface area contributed by atoms with E-state index in [1.54, 1.807) is 12.1 Å². The van der Waals surface area contributed by atoms with E-state index in [0.29, 0.717) is 36.5 Å². The molecule has 0 amide bonds. The van der Waals surface area contributed by atoms with Crippen LogP contribution in [-0.2, 0) is 16.0 Å². The highest BCUT2D eigenvalue weighted by Gasteiger charge is 2.32. The average molecular weight is 459 g/mol. The molecule has 2 aromatic rings. The molecule has 0 fully saturated rings. The summed E-state index contributed by atoms with van der Waals surface area (Å²) in [4.78, 5) is 11.0. The van der Waals surface area contributed by atoms with Crippen molar-refractivity contribution >= 4 is 17.1 Å². The van der Waals surface area contributed by atoms with Gasteiger partial charge >= 0.3 is 12.1 Å². The normalized spacial score (nSPS) is 13.8. The molecule has 2 aromatic carbocycles. The Labute approximate surface area is 192 Å². The second-order valence-corrected chi connectivity index (χ2v) is 8.06. The maximum atomic E-state index is 13.4. The summed E-state index contributed by atoms with van der Waals surface area (Å²) in [6, 6.07) is 14.7. The second-order valence-electron chi connectivity index (χ2n) is 8.06. The number of benzene rings is 2. The SMILES string of the molecule is C=CC(=O)OCCCCCOc1ccc(C2=C(CC(F)(F)F)c3ccccc3CCC2)cc1. The van der Waals surface area contributed by atoms with Crippen LogP contribution in [0.15, 0.2) is 61.2 Å². The zero-order valence-electron chi connectivity index (χ0n) is 18.6. The third-order valence-corrected chi connectivity index (χ3v) is 5.63. The van der Waals surface area contributed by atoms with Crippen molar-refractivity contribution in [2.75, 3.05) is 13.2 Å². The van der Waals surface area contributed by atoms with E-state index in [1.165, 1.54) is 0 Å². The smallest absolute Gasteiger partial charge is 0.393 e. The molecule has 0 radical (unpaired) electrons. The molecule has 0 aliphatic heterocycles. The highest BCUT2D eigenvalue weighted by molar-refractivity contribution is 5.92. The summed E-state index contributed by atoms with van der Waals surface area (Å²) in [5, 5.41) is 0. The lowest BCUT2D eigenvalue weighted by Crippen LogP contribution is -2.10. The van der Waals surface area contributed by atoms with E-state index in [2.05, 4.69) is 6.58 Å². The maximum absolute atomic E-state index is 13.4. The Kier molecular flexibility index (Phi) is 8.75. The van der Waals surface area contributed by atoms with Gasteiger partial charge in [-0.15, -0.1) is 0 Å². The number of hydrogen-bond donors (Lipinski definition) is 0. The van der Waals surface area contributed by atoms with Crippen molar-refractivity contribution in [2.45, 2.75) is 51.1 Å². The fraction of sp³-hybridized carbons (Fsp3) is 0.370. The van der Waals surface area contributed by atoms with Gasteiger partial charge in [0.05, 0.1) is 19.6 Å². The van der Waals surface area contributed by atoms with Gasteiger partial charge in [0, 0.05) is 6.08 Å². The van der Waals surface area contributed by atoms with Crippen LogP contribution in [0.2, 0.25) is 0 Å². The molecule has 0 saturated carbocycles. The van der Waals surface area contributed by atoms with Crippen LogP contribution in [0.25, 0.3) is 11.1 Å². The van der Waals surface area contributed by atoms with Gasteiger partial charge in [0.2, 0.25) is 0 Å². The van der Waals surface area contributed by atoms with Crippen LogP contribution in [-0.4, -0.2) is 25.4 Å². The van der Waals surface area contributed by atoms with Crippen molar-refractivity contribution in [3.63, 3.8) is 0 Å². The van der Waals surface area contributed by atoms with Gasteiger partial charge in [-0.3, -0.25) is 0 Å². The molecule has 0 N–H and O–H groups in total. The van der Waals surface area contributed by atoms with E-state index in [4.69, 9.17) is 9.47 Å². The minimum atomic E-state index is -4.27. The molecule has 33 heavy (non-hydrogen) atoms. The molecule has 176 valence electrons. The molecule has 0 spiro atoms. The minimum Gasteiger partial charge on any atom is -0.494 e. The fourth-order valence-corrected chi connectivity index (χ4v) is 4.08. The zero-order chi connectivity index (χ0) is 23.7. The molecule has 1 aliphatic rings. The van der Waals surface area contributed by atoms with E-state index in [-0.39, 0.29) is 0 Å².